The van der Waals surface area contributed by atoms with E-state index in [0.717, 1.165) is 18.7 Å². The molecule has 4 nitrogen and oxygen atoms in total. The van der Waals surface area contributed by atoms with Crippen LogP contribution in [0.2, 0.25) is 10.0 Å². The minimum atomic E-state index is -0.820. The molecule has 1 heterocycles. The molecule has 0 spiro atoms. The van der Waals surface area contributed by atoms with E-state index >= 15 is 0 Å². The third-order valence-corrected chi connectivity index (χ3v) is 5.18. The molecule has 0 aliphatic carbocycles. The lowest BCUT2D eigenvalue weighted by Gasteiger charge is -2.39. The number of halogens is 2. The van der Waals surface area contributed by atoms with Gasteiger partial charge in [-0.15, -0.1) is 0 Å². The summed E-state index contributed by atoms with van der Waals surface area (Å²) in [5.74, 6) is -0.820. The maximum Gasteiger partial charge on any atom is 0.321 e. The molecule has 132 valence electrons. The zero-order valence-corrected chi connectivity index (χ0v) is 15.2. The number of aliphatic carboxylic acids is 1. The molecule has 0 aromatic heterocycles. The number of rotatable bonds is 5. The normalized spacial score (nSPS) is 16.6. The minimum absolute atomic E-state index is 0.372. The summed E-state index contributed by atoms with van der Waals surface area (Å²) < 4.78 is 0. The third kappa shape index (κ3) is 4.46. The average Bonchev–Trinajstić information content (AvgIpc) is 2.62. The van der Waals surface area contributed by atoms with Crippen molar-refractivity contribution in [2.75, 3.05) is 31.1 Å². The molecule has 0 radical (unpaired) electrons. The Morgan fingerprint density at radius 1 is 1.04 bits per heavy atom. The van der Waals surface area contributed by atoms with Crippen molar-refractivity contribution in [3.05, 3.63) is 64.1 Å². The van der Waals surface area contributed by atoms with Gasteiger partial charge in [0.15, 0.2) is 0 Å². The Kier molecular flexibility index (Phi) is 5.84. The first kappa shape index (κ1) is 18.1. The lowest BCUT2D eigenvalue weighted by atomic mass is 10.0. The predicted molar refractivity (Wildman–Crippen MR) is 102 cm³/mol. The van der Waals surface area contributed by atoms with Gasteiger partial charge in [0, 0.05) is 48.3 Å². The SMILES string of the molecule is O=C(O)C(Cc1ccc(Cl)cc1Cl)N1CCN(c2ccccc2)CC1. The fourth-order valence-electron chi connectivity index (χ4n) is 3.20. The van der Waals surface area contributed by atoms with Crippen molar-refractivity contribution >= 4 is 34.9 Å². The topological polar surface area (TPSA) is 43.8 Å². The van der Waals surface area contributed by atoms with Gasteiger partial charge in [-0.2, -0.15) is 0 Å². The molecule has 1 atom stereocenters. The summed E-state index contributed by atoms with van der Waals surface area (Å²) in [6, 6.07) is 14.8. The molecule has 0 saturated carbocycles. The van der Waals surface area contributed by atoms with E-state index < -0.39 is 12.0 Å². The highest BCUT2D eigenvalue weighted by molar-refractivity contribution is 6.35. The van der Waals surface area contributed by atoms with Crippen molar-refractivity contribution in [2.45, 2.75) is 12.5 Å². The summed E-state index contributed by atoms with van der Waals surface area (Å²) in [5.41, 5.74) is 1.98. The van der Waals surface area contributed by atoms with E-state index in [1.165, 1.54) is 5.69 Å². The van der Waals surface area contributed by atoms with Crippen molar-refractivity contribution in [3.8, 4) is 0 Å². The highest BCUT2D eigenvalue weighted by Gasteiger charge is 2.29. The van der Waals surface area contributed by atoms with E-state index in [9.17, 15) is 9.90 Å². The molecule has 1 unspecified atom stereocenters. The van der Waals surface area contributed by atoms with Gasteiger partial charge in [-0.25, -0.2) is 0 Å². The number of hydrogen-bond acceptors (Lipinski definition) is 3. The standard InChI is InChI=1S/C19H20Cl2N2O2/c20-15-7-6-14(17(21)13-15)12-18(19(24)25)23-10-8-22(9-11-23)16-4-2-1-3-5-16/h1-7,13,18H,8-12H2,(H,24,25). The number of para-hydroxylation sites is 1. The van der Waals surface area contributed by atoms with Gasteiger partial charge in [0.25, 0.3) is 0 Å². The van der Waals surface area contributed by atoms with Crippen LogP contribution in [-0.4, -0.2) is 48.2 Å². The predicted octanol–water partition coefficient (Wildman–Crippen LogP) is 3.81. The second kappa shape index (κ2) is 8.09. The van der Waals surface area contributed by atoms with Crippen LogP contribution >= 0.6 is 23.2 Å². The number of piperazine rings is 1. The summed E-state index contributed by atoms with van der Waals surface area (Å²) in [4.78, 5) is 16.1. The van der Waals surface area contributed by atoms with Crippen LogP contribution in [0.15, 0.2) is 48.5 Å². The molecule has 1 aliphatic rings. The van der Waals surface area contributed by atoms with E-state index in [0.29, 0.717) is 29.6 Å². The molecule has 0 bridgehead atoms. The average molecular weight is 379 g/mol. The molecular weight excluding hydrogens is 359 g/mol. The van der Waals surface area contributed by atoms with Crippen LogP contribution in [0.4, 0.5) is 5.69 Å². The van der Waals surface area contributed by atoms with Crippen LogP contribution < -0.4 is 4.90 Å². The van der Waals surface area contributed by atoms with Gasteiger partial charge in [0.1, 0.15) is 6.04 Å². The Morgan fingerprint density at radius 2 is 1.72 bits per heavy atom. The molecule has 1 fully saturated rings. The lowest BCUT2D eigenvalue weighted by molar-refractivity contribution is -0.143. The van der Waals surface area contributed by atoms with Crippen LogP contribution in [0.3, 0.4) is 0 Å². The van der Waals surface area contributed by atoms with Gasteiger partial charge in [0.05, 0.1) is 0 Å². The molecule has 6 heteroatoms. The fourth-order valence-corrected chi connectivity index (χ4v) is 3.68. The molecule has 1 N–H and O–H groups in total. The van der Waals surface area contributed by atoms with Gasteiger partial charge in [0.2, 0.25) is 0 Å². The van der Waals surface area contributed by atoms with Gasteiger partial charge >= 0.3 is 5.97 Å². The fraction of sp³-hybridized carbons (Fsp3) is 0.316. The van der Waals surface area contributed by atoms with Crippen molar-refractivity contribution in [2.24, 2.45) is 0 Å². The first-order valence-electron chi connectivity index (χ1n) is 8.25. The zero-order chi connectivity index (χ0) is 17.8. The number of hydrogen-bond donors (Lipinski definition) is 1. The number of carbonyl (C=O) groups is 1. The van der Waals surface area contributed by atoms with Gasteiger partial charge < -0.3 is 10.0 Å². The maximum absolute atomic E-state index is 11.8. The summed E-state index contributed by atoms with van der Waals surface area (Å²) in [6.07, 6.45) is 0.372. The molecular formula is C19H20Cl2N2O2. The molecule has 2 aromatic rings. The number of benzene rings is 2. The quantitative estimate of drug-likeness (QED) is 0.858. The monoisotopic (exact) mass is 378 g/mol. The molecule has 1 aliphatic heterocycles. The lowest BCUT2D eigenvalue weighted by Crippen LogP contribution is -2.53. The van der Waals surface area contributed by atoms with E-state index in [1.807, 2.05) is 23.1 Å². The number of nitrogens with zero attached hydrogens (tertiary/aromatic N) is 2. The highest BCUT2D eigenvalue weighted by atomic mass is 35.5. The van der Waals surface area contributed by atoms with Gasteiger partial charge in [-0.05, 0) is 29.8 Å². The Morgan fingerprint density at radius 3 is 2.32 bits per heavy atom. The smallest absolute Gasteiger partial charge is 0.321 e. The Hall–Kier alpha value is -1.75. The van der Waals surface area contributed by atoms with Crippen LogP contribution in [0.5, 0.6) is 0 Å². The number of anilines is 1. The van der Waals surface area contributed by atoms with Gasteiger partial charge in [-0.3, -0.25) is 9.69 Å². The van der Waals surface area contributed by atoms with Crippen LogP contribution in [0, 0.1) is 0 Å². The van der Waals surface area contributed by atoms with Crippen molar-refractivity contribution < 1.29 is 9.90 Å². The first-order chi connectivity index (χ1) is 12.0. The minimum Gasteiger partial charge on any atom is -0.480 e. The Balaban J connectivity index is 1.67. The van der Waals surface area contributed by atoms with E-state index in [1.54, 1.807) is 18.2 Å². The van der Waals surface area contributed by atoms with Crippen molar-refractivity contribution in [1.82, 2.24) is 4.90 Å². The second-order valence-electron chi connectivity index (χ2n) is 6.15. The molecule has 1 saturated heterocycles. The number of carboxylic acid groups (broad SMARTS) is 1. The number of carboxylic acids is 1. The third-order valence-electron chi connectivity index (χ3n) is 4.59. The zero-order valence-electron chi connectivity index (χ0n) is 13.7. The summed E-state index contributed by atoms with van der Waals surface area (Å²) >= 11 is 12.1. The summed E-state index contributed by atoms with van der Waals surface area (Å²) in [6.45, 7) is 3.03. The summed E-state index contributed by atoms with van der Waals surface area (Å²) in [5, 5.41) is 10.8. The highest BCUT2D eigenvalue weighted by Crippen LogP contribution is 2.24. The Bertz CT molecular complexity index is 731. The molecule has 0 amide bonds. The van der Waals surface area contributed by atoms with E-state index in [2.05, 4.69) is 17.0 Å². The maximum atomic E-state index is 11.8. The van der Waals surface area contributed by atoms with E-state index in [4.69, 9.17) is 23.2 Å². The largest absolute Gasteiger partial charge is 0.480 e. The first-order valence-corrected chi connectivity index (χ1v) is 9.01. The van der Waals surface area contributed by atoms with E-state index in [-0.39, 0.29) is 0 Å². The van der Waals surface area contributed by atoms with Crippen LogP contribution in [-0.2, 0) is 11.2 Å². The van der Waals surface area contributed by atoms with Crippen molar-refractivity contribution in [3.63, 3.8) is 0 Å². The molecule has 3 rings (SSSR count). The van der Waals surface area contributed by atoms with Crippen molar-refractivity contribution in [1.29, 1.82) is 0 Å². The summed E-state index contributed by atoms with van der Waals surface area (Å²) in [7, 11) is 0. The van der Waals surface area contributed by atoms with Crippen LogP contribution in [0.1, 0.15) is 5.56 Å². The van der Waals surface area contributed by atoms with Crippen LogP contribution in [0.25, 0.3) is 0 Å². The molecule has 2 aromatic carbocycles. The Labute approximate surface area is 157 Å². The second-order valence-corrected chi connectivity index (χ2v) is 7.00. The molecule has 25 heavy (non-hydrogen) atoms. The van der Waals surface area contributed by atoms with Gasteiger partial charge in [-0.1, -0.05) is 47.5 Å².